The third-order valence-corrected chi connectivity index (χ3v) is 11.0. The van der Waals surface area contributed by atoms with Gasteiger partial charge in [-0.3, -0.25) is 14.7 Å². The maximum absolute atomic E-state index is 7.47. The number of para-hydroxylation sites is 2. The summed E-state index contributed by atoms with van der Waals surface area (Å²) in [6.45, 7) is 17.0. The van der Waals surface area contributed by atoms with E-state index in [0.29, 0.717) is 23.3 Å². The molecule has 0 aliphatic carbocycles. The molecule has 1 aliphatic rings. The van der Waals surface area contributed by atoms with Gasteiger partial charge in [-0.2, -0.15) is 0 Å². The Morgan fingerprint density at radius 3 is 1.57 bits per heavy atom. The van der Waals surface area contributed by atoms with Crippen LogP contribution >= 0.6 is 12.4 Å². The lowest BCUT2D eigenvalue weighted by atomic mass is 9.96. The Labute approximate surface area is 366 Å². The summed E-state index contributed by atoms with van der Waals surface area (Å²) >= 11 is 0. The predicted molar refractivity (Wildman–Crippen MR) is 258 cm³/mol. The standard InChI is InChI=1S/C52H52N8.ClH/c1-32-25-33(2)28-40(27-32)56-50-51(57-44(31-55-50)45-36(5)17-15-18-37(45)6)60(42-23-13-10-14-24-42)52-47(46-38(7)19-16-20-39(46)8)58(41-21-11-9-12-22-41)48(53)49(54)59(52)43-29-34(3)26-35(4)30-43;/h9-31H,53-54H2,1-8H3,(H,55,56);1H. The molecule has 1 aromatic heterocycles. The third kappa shape index (κ3) is 8.15. The van der Waals surface area contributed by atoms with Gasteiger partial charge in [0.25, 0.3) is 0 Å². The second-order valence-corrected chi connectivity index (χ2v) is 15.9. The zero-order valence-electron chi connectivity index (χ0n) is 36.1. The van der Waals surface area contributed by atoms with Crippen molar-refractivity contribution in [3.05, 3.63) is 207 Å². The molecule has 2 heterocycles. The number of nitrogens with zero attached hydrogens (tertiary/aromatic N) is 5. The Morgan fingerprint density at radius 1 is 0.525 bits per heavy atom. The average molecular weight is 826 g/mol. The number of nitrogens with two attached hydrogens (primary N) is 2. The van der Waals surface area contributed by atoms with Crippen LogP contribution in [0.4, 0.5) is 34.4 Å². The molecular formula is C52H53ClN8. The average Bonchev–Trinajstić information content (AvgIpc) is 3.20. The Kier molecular flexibility index (Phi) is 11.9. The molecule has 61 heavy (non-hydrogen) atoms. The molecule has 6 aromatic carbocycles. The molecule has 0 saturated carbocycles. The molecule has 0 fully saturated rings. The highest BCUT2D eigenvalue weighted by Crippen LogP contribution is 2.48. The van der Waals surface area contributed by atoms with Gasteiger partial charge in [0.1, 0.15) is 0 Å². The van der Waals surface area contributed by atoms with E-state index in [1.807, 2.05) is 42.6 Å². The zero-order valence-corrected chi connectivity index (χ0v) is 36.9. The van der Waals surface area contributed by atoms with Crippen molar-refractivity contribution in [2.75, 3.05) is 20.0 Å². The van der Waals surface area contributed by atoms with Crippen LogP contribution in [0, 0.1) is 55.4 Å². The van der Waals surface area contributed by atoms with Crippen LogP contribution in [0.2, 0.25) is 0 Å². The number of halogens is 1. The van der Waals surface area contributed by atoms with Gasteiger partial charge in [-0.05, 0) is 148 Å². The zero-order chi connectivity index (χ0) is 42.2. The summed E-state index contributed by atoms with van der Waals surface area (Å²) in [4.78, 5) is 17.3. The van der Waals surface area contributed by atoms with E-state index in [9.17, 15) is 0 Å². The Morgan fingerprint density at radius 2 is 1.02 bits per heavy atom. The van der Waals surface area contributed by atoms with E-state index in [1.165, 1.54) is 0 Å². The molecule has 8 nitrogen and oxygen atoms in total. The Hall–Kier alpha value is -7.03. The molecule has 0 bridgehead atoms. The van der Waals surface area contributed by atoms with Crippen LogP contribution in [0.15, 0.2) is 157 Å². The first-order valence-electron chi connectivity index (χ1n) is 20.3. The van der Waals surface area contributed by atoms with Gasteiger partial charge in [-0.25, -0.2) is 9.97 Å². The second kappa shape index (κ2) is 17.3. The highest BCUT2D eigenvalue weighted by molar-refractivity contribution is 5.96. The lowest BCUT2D eigenvalue weighted by molar-refractivity contribution is 0.885. The maximum Gasteiger partial charge on any atom is 0.183 e. The number of anilines is 6. The van der Waals surface area contributed by atoms with Gasteiger partial charge < -0.3 is 16.8 Å². The highest BCUT2D eigenvalue weighted by Gasteiger charge is 2.40. The molecule has 0 radical (unpaired) electrons. The molecule has 7 aromatic rings. The molecule has 1 aliphatic heterocycles. The van der Waals surface area contributed by atoms with Gasteiger partial charge in [0.2, 0.25) is 0 Å². The number of hydrogen-bond donors (Lipinski definition) is 3. The van der Waals surface area contributed by atoms with E-state index in [0.717, 1.165) is 95.6 Å². The Bertz CT molecular complexity index is 2730. The van der Waals surface area contributed by atoms with E-state index >= 15 is 0 Å². The summed E-state index contributed by atoms with van der Waals surface area (Å²) in [5, 5.41) is 3.73. The molecule has 5 N–H and O–H groups in total. The first-order valence-corrected chi connectivity index (χ1v) is 20.3. The number of nitrogens with one attached hydrogen (secondary N) is 1. The molecular weight excluding hydrogens is 772 g/mol. The number of rotatable bonds is 9. The fourth-order valence-electron chi connectivity index (χ4n) is 8.54. The molecule has 0 atom stereocenters. The van der Waals surface area contributed by atoms with Gasteiger partial charge in [-0.15, -0.1) is 12.4 Å². The SMILES string of the molecule is Cc1cc(C)cc(Nc2ncc(-c3c(C)cccc3C)nc2N(C2=C(c3c(C)cccc3C)N(c3ccccc3)C(N)=C(N)N2c2cc(C)cc(C)c2)c2ccccc2)c1.Cl. The molecule has 0 saturated heterocycles. The largest absolute Gasteiger partial charge is 0.382 e. The van der Waals surface area contributed by atoms with E-state index in [4.69, 9.17) is 21.4 Å². The molecule has 0 unspecified atom stereocenters. The molecule has 0 spiro atoms. The fraction of sp³-hybridized carbons (Fsp3) is 0.154. The van der Waals surface area contributed by atoms with Gasteiger partial charge in [0.15, 0.2) is 29.1 Å². The van der Waals surface area contributed by atoms with Crippen LogP contribution < -0.4 is 31.5 Å². The van der Waals surface area contributed by atoms with Crippen LogP contribution in [0.1, 0.15) is 50.1 Å². The van der Waals surface area contributed by atoms with Gasteiger partial charge in [0, 0.05) is 33.9 Å². The first kappa shape index (κ1) is 42.1. The summed E-state index contributed by atoms with van der Waals surface area (Å²) in [5.41, 5.74) is 30.8. The van der Waals surface area contributed by atoms with E-state index in [-0.39, 0.29) is 12.4 Å². The normalized spacial score (nSPS) is 12.7. The van der Waals surface area contributed by atoms with Crippen LogP contribution in [-0.2, 0) is 0 Å². The van der Waals surface area contributed by atoms with Crippen LogP contribution in [0.25, 0.3) is 17.0 Å². The minimum Gasteiger partial charge on any atom is -0.382 e. The summed E-state index contributed by atoms with van der Waals surface area (Å²) in [6.07, 6.45) is 1.87. The predicted octanol–water partition coefficient (Wildman–Crippen LogP) is 12.3. The number of hydrogen-bond acceptors (Lipinski definition) is 8. The summed E-state index contributed by atoms with van der Waals surface area (Å²) < 4.78 is 0. The van der Waals surface area contributed by atoms with Crippen molar-refractivity contribution < 1.29 is 0 Å². The number of benzene rings is 6. The van der Waals surface area contributed by atoms with Crippen molar-refractivity contribution in [3.63, 3.8) is 0 Å². The molecule has 0 amide bonds. The molecule has 9 heteroatoms. The second-order valence-electron chi connectivity index (χ2n) is 15.9. The number of aryl methyl sites for hydroxylation is 8. The van der Waals surface area contributed by atoms with Crippen LogP contribution in [0.5, 0.6) is 0 Å². The third-order valence-electron chi connectivity index (χ3n) is 11.0. The molecule has 308 valence electrons. The minimum absolute atomic E-state index is 0. The van der Waals surface area contributed by atoms with Gasteiger partial charge >= 0.3 is 0 Å². The summed E-state index contributed by atoms with van der Waals surface area (Å²) in [5.74, 6) is 2.65. The Balaban J connectivity index is 0.00000561. The lowest BCUT2D eigenvalue weighted by Gasteiger charge is -2.45. The highest BCUT2D eigenvalue weighted by atomic mass is 35.5. The van der Waals surface area contributed by atoms with E-state index in [1.54, 1.807) is 0 Å². The quantitative estimate of drug-likeness (QED) is 0.132. The van der Waals surface area contributed by atoms with Crippen molar-refractivity contribution in [1.82, 2.24) is 9.97 Å². The summed E-state index contributed by atoms with van der Waals surface area (Å²) in [7, 11) is 0. The van der Waals surface area contributed by atoms with E-state index in [2.05, 4.69) is 172 Å². The van der Waals surface area contributed by atoms with Crippen molar-refractivity contribution >= 4 is 52.5 Å². The number of aromatic nitrogens is 2. The monoisotopic (exact) mass is 824 g/mol. The first-order chi connectivity index (χ1) is 28.9. The minimum atomic E-state index is 0. The van der Waals surface area contributed by atoms with Crippen molar-refractivity contribution in [2.24, 2.45) is 11.5 Å². The molecule has 8 rings (SSSR count). The van der Waals surface area contributed by atoms with Crippen LogP contribution in [0.3, 0.4) is 0 Å². The summed E-state index contributed by atoms with van der Waals surface area (Å²) in [6, 6.07) is 46.2. The van der Waals surface area contributed by atoms with Gasteiger partial charge in [-0.1, -0.05) is 84.9 Å². The smallest absolute Gasteiger partial charge is 0.183 e. The van der Waals surface area contributed by atoms with E-state index < -0.39 is 0 Å². The maximum atomic E-state index is 7.47. The van der Waals surface area contributed by atoms with Crippen molar-refractivity contribution in [1.29, 1.82) is 0 Å². The lowest BCUT2D eigenvalue weighted by Crippen LogP contribution is -2.47. The van der Waals surface area contributed by atoms with Crippen LogP contribution in [-0.4, -0.2) is 9.97 Å². The van der Waals surface area contributed by atoms with Crippen molar-refractivity contribution in [3.8, 4) is 11.3 Å². The van der Waals surface area contributed by atoms with Gasteiger partial charge in [0.05, 0.1) is 17.6 Å². The fourth-order valence-corrected chi connectivity index (χ4v) is 8.54. The van der Waals surface area contributed by atoms with Crippen molar-refractivity contribution in [2.45, 2.75) is 55.4 Å². The topological polar surface area (TPSA) is 99.6 Å².